The zero-order valence-corrected chi connectivity index (χ0v) is 18.5. The van der Waals surface area contributed by atoms with E-state index in [1.165, 1.54) is 12.1 Å². The first kappa shape index (κ1) is 22.3. The third kappa shape index (κ3) is 6.10. The zero-order chi connectivity index (χ0) is 23.0. The number of carbonyl (C=O) groups is 1. The molecular weight excluding hydrogens is 417 g/mol. The number of fused-ring (bicyclic) bond motifs is 1. The molecule has 0 fully saturated rings. The molecule has 0 aliphatic carbocycles. The van der Waals surface area contributed by atoms with Gasteiger partial charge in [-0.1, -0.05) is 61.5 Å². The number of rotatable bonds is 9. The topological polar surface area (TPSA) is 47.6 Å². The summed E-state index contributed by atoms with van der Waals surface area (Å²) in [6.07, 6.45) is -0.000989. The summed E-state index contributed by atoms with van der Waals surface area (Å²) in [7, 11) is 0. The van der Waals surface area contributed by atoms with Gasteiger partial charge in [-0.2, -0.15) is 0 Å². The van der Waals surface area contributed by atoms with E-state index in [2.05, 4.69) is 5.32 Å². The van der Waals surface area contributed by atoms with Gasteiger partial charge in [-0.15, -0.1) is 0 Å². The van der Waals surface area contributed by atoms with Gasteiger partial charge in [0.1, 0.15) is 23.9 Å². The maximum Gasteiger partial charge on any atom is 0.261 e. The SMILES string of the molecule is CCC(Oc1ccc2ccccc2c1)C(=O)NCc1ccc(OCc2ccc(F)cc2)cc1. The monoisotopic (exact) mass is 443 g/mol. The predicted octanol–water partition coefficient (Wildman–Crippen LogP) is 6.03. The van der Waals surface area contributed by atoms with Gasteiger partial charge < -0.3 is 14.8 Å². The minimum Gasteiger partial charge on any atom is -0.489 e. The van der Waals surface area contributed by atoms with E-state index >= 15 is 0 Å². The van der Waals surface area contributed by atoms with E-state index in [1.54, 1.807) is 12.1 Å². The summed E-state index contributed by atoms with van der Waals surface area (Å²) in [5, 5.41) is 5.16. The number of carbonyl (C=O) groups excluding carboxylic acids is 1. The molecular formula is C28H26FNO3. The molecule has 0 saturated carbocycles. The number of hydrogen-bond donors (Lipinski definition) is 1. The second-order valence-corrected chi connectivity index (χ2v) is 7.80. The summed E-state index contributed by atoms with van der Waals surface area (Å²) in [4.78, 5) is 12.7. The molecule has 0 radical (unpaired) electrons. The molecule has 4 aromatic rings. The minimum absolute atomic E-state index is 0.151. The number of halogens is 1. The summed E-state index contributed by atoms with van der Waals surface area (Å²) in [5.74, 6) is 0.972. The first-order valence-corrected chi connectivity index (χ1v) is 11.0. The van der Waals surface area contributed by atoms with Gasteiger partial charge in [0.15, 0.2) is 6.10 Å². The molecule has 1 atom stereocenters. The molecule has 4 aromatic carbocycles. The van der Waals surface area contributed by atoms with Gasteiger partial charge in [0, 0.05) is 6.54 Å². The third-order valence-electron chi connectivity index (χ3n) is 5.37. The normalized spacial score (nSPS) is 11.7. The zero-order valence-electron chi connectivity index (χ0n) is 18.5. The minimum atomic E-state index is -0.565. The molecule has 4 rings (SSSR count). The second kappa shape index (κ2) is 10.6. The van der Waals surface area contributed by atoms with Crippen LogP contribution in [0.15, 0.2) is 91.0 Å². The van der Waals surface area contributed by atoms with Crippen molar-refractivity contribution >= 4 is 16.7 Å². The highest BCUT2D eigenvalue weighted by Crippen LogP contribution is 2.22. The lowest BCUT2D eigenvalue weighted by Gasteiger charge is -2.18. The Morgan fingerprint density at radius 2 is 1.52 bits per heavy atom. The van der Waals surface area contributed by atoms with Gasteiger partial charge in [0.2, 0.25) is 0 Å². The first-order chi connectivity index (χ1) is 16.1. The Bertz CT molecular complexity index is 1210. The molecule has 4 nitrogen and oxygen atoms in total. The van der Waals surface area contributed by atoms with Crippen LogP contribution in [0, 0.1) is 5.82 Å². The number of amides is 1. The Morgan fingerprint density at radius 3 is 2.24 bits per heavy atom. The molecule has 33 heavy (non-hydrogen) atoms. The van der Waals surface area contributed by atoms with Crippen LogP contribution in [0.3, 0.4) is 0 Å². The van der Waals surface area contributed by atoms with E-state index in [4.69, 9.17) is 9.47 Å². The molecule has 0 bridgehead atoms. The van der Waals surface area contributed by atoms with Crippen molar-refractivity contribution in [1.29, 1.82) is 0 Å². The van der Waals surface area contributed by atoms with E-state index in [1.807, 2.05) is 73.7 Å². The third-order valence-corrected chi connectivity index (χ3v) is 5.37. The molecule has 1 unspecified atom stereocenters. The van der Waals surface area contributed by atoms with Gasteiger partial charge >= 0.3 is 0 Å². The molecule has 5 heteroatoms. The molecule has 1 amide bonds. The van der Waals surface area contributed by atoms with Crippen molar-refractivity contribution in [3.8, 4) is 11.5 Å². The second-order valence-electron chi connectivity index (χ2n) is 7.80. The lowest BCUT2D eigenvalue weighted by atomic mass is 10.1. The van der Waals surface area contributed by atoms with Crippen LogP contribution in [-0.4, -0.2) is 12.0 Å². The summed E-state index contributed by atoms with van der Waals surface area (Å²) >= 11 is 0. The largest absolute Gasteiger partial charge is 0.489 e. The van der Waals surface area contributed by atoms with E-state index in [0.29, 0.717) is 31.1 Å². The van der Waals surface area contributed by atoms with Crippen LogP contribution in [0.1, 0.15) is 24.5 Å². The Morgan fingerprint density at radius 1 is 0.848 bits per heavy atom. The average molecular weight is 444 g/mol. The van der Waals surface area contributed by atoms with E-state index in [0.717, 1.165) is 21.9 Å². The van der Waals surface area contributed by atoms with Gasteiger partial charge in [0.05, 0.1) is 0 Å². The van der Waals surface area contributed by atoms with Crippen LogP contribution in [0.4, 0.5) is 4.39 Å². The maximum absolute atomic E-state index is 13.0. The Balaban J connectivity index is 1.28. The highest BCUT2D eigenvalue weighted by Gasteiger charge is 2.18. The predicted molar refractivity (Wildman–Crippen MR) is 128 cm³/mol. The van der Waals surface area contributed by atoms with Crippen molar-refractivity contribution in [1.82, 2.24) is 5.32 Å². The van der Waals surface area contributed by atoms with Crippen molar-refractivity contribution in [2.75, 3.05) is 0 Å². The maximum atomic E-state index is 13.0. The van der Waals surface area contributed by atoms with Crippen molar-refractivity contribution in [2.24, 2.45) is 0 Å². The molecule has 0 saturated heterocycles. The van der Waals surface area contributed by atoms with Crippen molar-refractivity contribution < 1.29 is 18.7 Å². The lowest BCUT2D eigenvalue weighted by molar-refractivity contribution is -0.128. The standard InChI is InChI=1S/C28H26FNO3/c1-2-27(33-26-16-11-22-5-3-4-6-23(22)17-26)28(31)30-18-20-9-14-25(15-10-20)32-19-21-7-12-24(29)13-8-21/h3-17,27H,2,18-19H2,1H3,(H,30,31). The highest BCUT2D eigenvalue weighted by molar-refractivity contribution is 5.84. The van der Waals surface area contributed by atoms with Gasteiger partial charge in [0.25, 0.3) is 5.91 Å². The molecule has 0 heterocycles. The quantitative estimate of drug-likeness (QED) is 0.344. The summed E-state index contributed by atoms with van der Waals surface area (Å²) in [6.45, 7) is 2.69. The van der Waals surface area contributed by atoms with Crippen LogP contribution in [0.5, 0.6) is 11.5 Å². The van der Waals surface area contributed by atoms with Crippen molar-refractivity contribution in [3.05, 3.63) is 108 Å². The van der Waals surface area contributed by atoms with Gasteiger partial charge in [-0.3, -0.25) is 4.79 Å². The number of benzene rings is 4. The van der Waals surface area contributed by atoms with E-state index in [-0.39, 0.29) is 11.7 Å². The van der Waals surface area contributed by atoms with Crippen LogP contribution < -0.4 is 14.8 Å². The van der Waals surface area contributed by atoms with Crippen molar-refractivity contribution in [2.45, 2.75) is 32.6 Å². The fourth-order valence-corrected chi connectivity index (χ4v) is 3.48. The van der Waals surface area contributed by atoms with Crippen LogP contribution in [-0.2, 0) is 17.9 Å². The highest BCUT2D eigenvalue weighted by atomic mass is 19.1. The van der Waals surface area contributed by atoms with E-state index in [9.17, 15) is 9.18 Å². The summed E-state index contributed by atoms with van der Waals surface area (Å²) in [6, 6.07) is 27.6. The number of hydrogen-bond acceptors (Lipinski definition) is 3. The fourth-order valence-electron chi connectivity index (χ4n) is 3.48. The Kier molecular flexibility index (Phi) is 7.20. The van der Waals surface area contributed by atoms with Crippen LogP contribution in [0.25, 0.3) is 10.8 Å². The summed E-state index contributed by atoms with van der Waals surface area (Å²) in [5.41, 5.74) is 1.85. The van der Waals surface area contributed by atoms with Crippen molar-refractivity contribution in [3.63, 3.8) is 0 Å². The first-order valence-electron chi connectivity index (χ1n) is 11.0. The van der Waals surface area contributed by atoms with Crippen LogP contribution >= 0.6 is 0 Å². The van der Waals surface area contributed by atoms with Crippen LogP contribution in [0.2, 0.25) is 0 Å². The lowest BCUT2D eigenvalue weighted by Crippen LogP contribution is -2.37. The average Bonchev–Trinajstić information content (AvgIpc) is 2.86. The molecule has 1 N–H and O–H groups in total. The van der Waals surface area contributed by atoms with Gasteiger partial charge in [-0.05, 0) is 64.7 Å². The molecule has 0 spiro atoms. The molecule has 168 valence electrons. The number of nitrogens with one attached hydrogen (secondary N) is 1. The summed E-state index contributed by atoms with van der Waals surface area (Å²) < 4.78 is 24.7. The molecule has 0 aromatic heterocycles. The Hall–Kier alpha value is -3.86. The smallest absolute Gasteiger partial charge is 0.261 e. The Labute approximate surface area is 193 Å². The van der Waals surface area contributed by atoms with E-state index < -0.39 is 6.10 Å². The molecule has 0 aliphatic heterocycles. The molecule has 0 aliphatic rings. The fraction of sp³-hybridized carbons (Fsp3) is 0.179. The van der Waals surface area contributed by atoms with Gasteiger partial charge in [-0.25, -0.2) is 4.39 Å². The number of ether oxygens (including phenoxy) is 2.